The quantitative estimate of drug-likeness (QED) is 0.838. The Morgan fingerprint density at radius 2 is 1.83 bits per heavy atom. The summed E-state index contributed by atoms with van der Waals surface area (Å²) >= 11 is 1.69. The van der Waals surface area contributed by atoms with Crippen LogP contribution >= 0.6 is 11.3 Å². The van der Waals surface area contributed by atoms with Crippen LogP contribution in [0.25, 0.3) is 0 Å². The highest BCUT2D eigenvalue weighted by molar-refractivity contribution is 7.11. The van der Waals surface area contributed by atoms with Crippen LogP contribution in [0.2, 0.25) is 0 Å². The lowest BCUT2D eigenvalue weighted by Crippen LogP contribution is -2.39. The van der Waals surface area contributed by atoms with E-state index in [-0.39, 0.29) is 18.6 Å². The van der Waals surface area contributed by atoms with Crippen LogP contribution in [-0.4, -0.2) is 29.4 Å². The summed E-state index contributed by atoms with van der Waals surface area (Å²) in [6, 6.07) is 10.6. The number of ether oxygens (including phenoxy) is 1. The molecular formula is C18H22N2O3S. The summed E-state index contributed by atoms with van der Waals surface area (Å²) in [6.07, 6.45) is 0. The number of benzene rings is 1. The summed E-state index contributed by atoms with van der Waals surface area (Å²) in [5, 5.41) is 0. The molecule has 2 amide bonds. The lowest BCUT2D eigenvalue weighted by Gasteiger charge is -2.26. The monoisotopic (exact) mass is 346 g/mol. The van der Waals surface area contributed by atoms with Gasteiger partial charge in [0.05, 0.1) is 6.54 Å². The van der Waals surface area contributed by atoms with Crippen molar-refractivity contribution in [3.63, 3.8) is 0 Å². The summed E-state index contributed by atoms with van der Waals surface area (Å²) < 4.78 is 5.54. The Balaban J connectivity index is 1.96. The van der Waals surface area contributed by atoms with Gasteiger partial charge in [-0.3, -0.25) is 9.59 Å². The van der Waals surface area contributed by atoms with Crippen molar-refractivity contribution < 1.29 is 14.3 Å². The number of carbonyl (C=O) groups excluding carboxylic acids is 2. The molecule has 0 saturated heterocycles. The van der Waals surface area contributed by atoms with Crippen molar-refractivity contribution in [3.05, 3.63) is 51.7 Å². The Morgan fingerprint density at radius 1 is 1.17 bits per heavy atom. The van der Waals surface area contributed by atoms with Gasteiger partial charge in [-0.2, -0.15) is 0 Å². The van der Waals surface area contributed by atoms with Gasteiger partial charge in [0, 0.05) is 21.4 Å². The molecule has 5 nitrogen and oxygen atoms in total. The molecule has 2 rings (SSSR count). The zero-order valence-corrected chi connectivity index (χ0v) is 14.9. The molecule has 0 aliphatic carbocycles. The number of carbonyl (C=O) groups is 2. The molecule has 0 bridgehead atoms. The third kappa shape index (κ3) is 4.83. The zero-order chi connectivity index (χ0) is 17.7. The first kappa shape index (κ1) is 18.0. The Hall–Kier alpha value is -2.34. The first-order valence-corrected chi connectivity index (χ1v) is 8.56. The molecule has 128 valence electrons. The minimum atomic E-state index is -0.491. The molecule has 2 aromatic rings. The smallest absolute Gasteiger partial charge is 0.261 e. The molecule has 2 N–H and O–H groups in total. The highest BCUT2D eigenvalue weighted by atomic mass is 32.1. The highest BCUT2D eigenvalue weighted by Gasteiger charge is 2.18. The standard InChI is InChI=1S/C18H22N2O3S/c1-12(2)20(10-16-9-4-13(3)24-16)17(21)11-23-15-7-5-14(6-8-15)18(19)22/h4-9,12H,10-11H2,1-3H3,(H2,19,22). The second-order valence-electron chi connectivity index (χ2n) is 5.81. The summed E-state index contributed by atoms with van der Waals surface area (Å²) in [5.74, 6) is -0.0334. The van der Waals surface area contributed by atoms with Crippen molar-refractivity contribution >= 4 is 23.2 Å². The van der Waals surface area contributed by atoms with Gasteiger partial charge in [-0.1, -0.05) is 0 Å². The van der Waals surface area contributed by atoms with E-state index in [1.807, 2.05) is 19.9 Å². The van der Waals surface area contributed by atoms with Crippen molar-refractivity contribution in [3.8, 4) is 5.75 Å². The molecule has 0 aliphatic rings. The van der Waals surface area contributed by atoms with Crippen LogP contribution in [-0.2, 0) is 11.3 Å². The Labute approximate surface area is 146 Å². The summed E-state index contributed by atoms with van der Waals surface area (Å²) in [5.41, 5.74) is 5.60. The third-order valence-corrected chi connectivity index (χ3v) is 4.55. The molecule has 0 unspecified atom stereocenters. The van der Waals surface area contributed by atoms with Crippen LogP contribution in [0.1, 0.15) is 34.0 Å². The van der Waals surface area contributed by atoms with Crippen LogP contribution in [0.3, 0.4) is 0 Å². The molecule has 1 aromatic heterocycles. The molecule has 6 heteroatoms. The maximum absolute atomic E-state index is 12.5. The van der Waals surface area contributed by atoms with Gasteiger partial charge in [0.15, 0.2) is 6.61 Å². The van der Waals surface area contributed by atoms with Gasteiger partial charge >= 0.3 is 0 Å². The number of nitrogens with zero attached hydrogens (tertiary/aromatic N) is 1. The van der Waals surface area contributed by atoms with E-state index in [2.05, 4.69) is 13.0 Å². The normalized spacial score (nSPS) is 10.7. The van der Waals surface area contributed by atoms with E-state index in [0.29, 0.717) is 17.9 Å². The van der Waals surface area contributed by atoms with Gasteiger partial charge in [0.1, 0.15) is 5.75 Å². The Morgan fingerprint density at radius 3 is 2.33 bits per heavy atom. The van der Waals surface area contributed by atoms with Crippen LogP contribution in [0.4, 0.5) is 0 Å². The van der Waals surface area contributed by atoms with Crippen molar-refractivity contribution in [1.82, 2.24) is 4.90 Å². The van der Waals surface area contributed by atoms with Crippen LogP contribution in [0.5, 0.6) is 5.75 Å². The predicted octanol–water partition coefficient (Wildman–Crippen LogP) is 2.97. The van der Waals surface area contributed by atoms with Crippen LogP contribution < -0.4 is 10.5 Å². The van der Waals surface area contributed by atoms with E-state index in [9.17, 15) is 9.59 Å². The molecule has 0 spiro atoms. The average molecular weight is 346 g/mol. The van der Waals surface area contributed by atoms with Gasteiger partial charge in [-0.05, 0) is 57.2 Å². The maximum Gasteiger partial charge on any atom is 0.261 e. The van der Waals surface area contributed by atoms with Crippen LogP contribution in [0, 0.1) is 6.92 Å². The minimum absolute atomic E-state index is 0.0432. The van der Waals surface area contributed by atoms with Gasteiger partial charge in [-0.15, -0.1) is 11.3 Å². The first-order valence-electron chi connectivity index (χ1n) is 7.74. The lowest BCUT2D eigenvalue weighted by molar-refractivity contribution is -0.135. The number of rotatable bonds is 7. The zero-order valence-electron chi connectivity index (χ0n) is 14.1. The van der Waals surface area contributed by atoms with Gasteiger partial charge in [-0.25, -0.2) is 0 Å². The fourth-order valence-electron chi connectivity index (χ4n) is 2.24. The molecule has 0 atom stereocenters. The number of primary amides is 1. The fraction of sp³-hybridized carbons (Fsp3) is 0.333. The first-order chi connectivity index (χ1) is 11.4. The largest absolute Gasteiger partial charge is 0.484 e. The van der Waals surface area contributed by atoms with Gasteiger partial charge < -0.3 is 15.4 Å². The highest BCUT2D eigenvalue weighted by Crippen LogP contribution is 2.19. The summed E-state index contributed by atoms with van der Waals surface area (Å²) in [4.78, 5) is 27.7. The fourth-order valence-corrected chi connectivity index (χ4v) is 3.13. The molecule has 1 aromatic carbocycles. The Kier molecular flexibility index (Phi) is 5.98. The molecule has 0 aliphatic heterocycles. The van der Waals surface area contributed by atoms with Gasteiger partial charge in [0.2, 0.25) is 5.91 Å². The number of hydrogen-bond donors (Lipinski definition) is 1. The van der Waals surface area contributed by atoms with E-state index in [1.165, 1.54) is 4.88 Å². The third-order valence-electron chi connectivity index (χ3n) is 3.57. The molecular weight excluding hydrogens is 324 g/mol. The number of nitrogens with two attached hydrogens (primary N) is 1. The van der Waals surface area contributed by atoms with E-state index >= 15 is 0 Å². The molecule has 24 heavy (non-hydrogen) atoms. The molecule has 0 fully saturated rings. The topological polar surface area (TPSA) is 72.6 Å². The molecule has 1 heterocycles. The van der Waals surface area contributed by atoms with E-state index in [1.54, 1.807) is 40.5 Å². The summed E-state index contributed by atoms with van der Waals surface area (Å²) in [6.45, 7) is 6.56. The number of amides is 2. The average Bonchev–Trinajstić information content (AvgIpc) is 2.95. The number of hydrogen-bond acceptors (Lipinski definition) is 4. The van der Waals surface area contributed by atoms with E-state index in [0.717, 1.165) is 4.88 Å². The van der Waals surface area contributed by atoms with Crippen LogP contribution in [0.15, 0.2) is 36.4 Å². The van der Waals surface area contributed by atoms with Gasteiger partial charge in [0.25, 0.3) is 5.91 Å². The second kappa shape index (κ2) is 7.97. The second-order valence-corrected chi connectivity index (χ2v) is 7.18. The van der Waals surface area contributed by atoms with E-state index in [4.69, 9.17) is 10.5 Å². The number of aryl methyl sites for hydroxylation is 1. The van der Waals surface area contributed by atoms with Crippen molar-refractivity contribution in [2.75, 3.05) is 6.61 Å². The lowest BCUT2D eigenvalue weighted by atomic mass is 10.2. The minimum Gasteiger partial charge on any atom is -0.484 e. The molecule has 0 saturated carbocycles. The van der Waals surface area contributed by atoms with Crippen molar-refractivity contribution in [2.24, 2.45) is 5.73 Å². The maximum atomic E-state index is 12.5. The summed E-state index contributed by atoms with van der Waals surface area (Å²) in [7, 11) is 0. The van der Waals surface area contributed by atoms with Crippen molar-refractivity contribution in [2.45, 2.75) is 33.4 Å². The predicted molar refractivity (Wildman–Crippen MR) is 95.2 cm³/mol. The van der Waals surface area contributed by atoms with E-state index < -0.39 is 5.91 Å². The molecule has 0 radical (unpaired) electrons. The van der Waals surface area contributed by atoms with Crippen molar-refractivity contribution in [1.29, 1.82) is 0 Å². The SMILES string of the molecule is Cc1ccc(CN(C(=O)COc2ccc(C(N)=O)cc2)C(C)C)s1. The number of thiophene rings is 1. The Bertz CT molecular complexity index is 707.